The lowest BCUT2D eigenvalue weighted by Crippen LogP contribution is -2.56. The third-order valence-electron chi connectivity index (χ3n) is 6.91. The second-order valence-corrected chi connectivity index (χ2v) is 15.9. The minimum atomic E-state index is -2.32. The van der Waals surface area contributed by atoms with Crippen LogP contribution in [0.5, 0.6) is 0 Å². The minimum absolute atomic E-state index is 0.124. The van der Waals surface area contributed by atoms with Gasteiger partial charge in [-0.1, -0.05) is 45.7 Å². The monoisotopic (exact) mass is 553 g/mol. The standard InChI is InChI=1S/C28H36ClN5O3Si/c1-8-9-22-23(15-14-21(17-31)24(22)29)33-25(18(2)37-38(6,7)28(3,4)5)27(36)34(32)26(35)20-12-10-19(16-30)11-13-20/h10-15,18,25,33H,8-9,32H2,1-7H3. The van der Waals surface area contributed by atoms with Crippen molar-refractivity contribution in [1.29, 1.82) is 10.5 Å². The number of halogens is 1. The van der Waals surface area contributed by atoms with Crippen molar-refractivity contribution < 1.29 is 14.0 Å². The number of hydrogen-bond donors (Lipinski definition) is 2. The molecule has 202 valence electrons. The summed E-state index contributed by atoms with van der Waals surface area (Å²) in [4.78, 5) is 26.9. The summed E-state index contributed by atoms with van der Waals surface area (Å²) >= 11 is 6.54. The molecule has 3 N–H and O–H groups in total. The molecule has 0 aliphatic carbocycles. The number of anilines is 1. The van der Waals surface area contributed by atoms with Gasteiger partial charge in [-0.2, -0.15) is 10.5 Å². The summed E-state index contributed by atoms with van der Waals surface area (Å²) in [7, 11) is -2.32. The van der Waals surface area contributed by atoms with Gasteiger partial charge in [-0.25, -0.2) is 10.9 Å². The Kier molecular flexibility index (Phi) is 10.2. The van der Waals surface area contributed by atoms with Crippen molar-refractivity contribution in [2.24, 2.45) is 5.84 Å². The molecule has 0 saturated carbocycles. The normalized spacial score (nSPS) is 13.1. The smallest absolute Gasteiger partial charge is 0.274 e. The molecule has 0 aliphatic rings. The molecule has 0 aromatic heterocycles. The minimum Gasteiger partial charge on any atom is -0.412 e. The van der Waals surface area contributed by atoms with Crippen LogP contribution in [0.4, 0.5) is 5.69 Å². The van der Waals surface area contributed by atoms with Crippen molar-refractivity contribution in [3.05, 3.63) is 63.7 Å². The Bertz CT molecular complexity index is 1260. The average Bonchev–Trinajstić information content (AvgIpc) is 2.86. The van der Waals surface area contributed by atoms with Gasteiger partial charge in [0, 0.05) is 11.3 Å². The van der Waals surface area contributed by atoms with Crippen LogP contribution in [-0.2, 0) is 15.6 Å². The van der Waals surface area contributed by atoms with E-state index in [9.17, 15) is 14.9 Å². The summed E-state index contributed by atoms with van der Waals surface area (Å²) in [6.45, 7) is 14.2. The highest BCUT2D eigenvalue weighted by atomic mass is 35.5. The number of hydrogen-bond acceptors (Lipinski definition) is 7. The van der Waals surface area contributed by atoms with Crippen molar-refractivity contribution in [3.8, 4) is 12.1 Å². The predicted octanol–water partition coefficient (Wildman–Crippen LogP) is 5.77. The SMILES string of the molecule is CCCc1c(NC(C(=O)N(N)C(=O)c2ccc(C#N)cc2)C(C)O[Si](C)(C)C(C)(C)C)ccc(C#N)c1Cl. The molecule has 0 bridgehead atoms. The Morgan fingerprint density at radius 2 is 1.74 bits per heavy atom. The molecule has 0 fully saturated rings. The zero-order chi connectivity index (χ0) is 28.8. The lowest BCUT2D eigenvalue weighted by molar-refractivity contribution is -0.131. The van der Waals surface area contributed by atoms with Gasteiger partial charge in [-0.15, -0.1) is 0 Å². The number of rotatable bonds is 9. The molecular formula is C28H36ClN5O3Si. The van der Waals surface area contributed by atoms with Crippen molar-refractivity contribution in [2.45, 2.75) is 77.7 Å². The van der Waals surface area contributed by atoms with Crippen LogP contribution < -0.4 is 11.2 Å². The topological polar surface area (TPSA) is 132 Å². The molecule has 38 heavy (non-hydrogen) atoms. The molecule has 0 aliphatic heterocycles. The van der Waals surface area contributed by atoms with E-state index >= 15 is 0 Å². The summed E-state index contributed by atoms with van der Waals surface area (Å²) in [5.41, 5.74) is 2.16. The maximum Gasteiger partial charge on any atom is 0.274 e. The molecule has 0 heterocycles. The number of benzene rings is 2. The molecule has 10 heteroatoms. The molecule has 0 spiro atoms. The number of nitrogens with one attached hydrogen (secondary N) is 1. The predicted molar refractivity (Wildman–Crippen MR) is 152 cm³/mol. The molecule has 2 amide bonds. The van der Waals surface area contributed by atoms with Crippen molar-refractivity contribution in [1.82, 2.24) is 5.01 Å². The van der Waals surface area contributed by atoms with Gasteiger partial charge in [0.2, 0.25) is 0 Å². The Morgan fingerprint density at radius 1 is 1.13 bits per heavy atom. The summed E-state index contributed by atoms with van der Waals surface area (Å²) in [6.07, 6.45) is 0.677. The molecule has 0 radical (unpaired) electrons. The Balaban J connectivity index is 2.51. The van der Waals surface area contributed by atoms with Crippen LogP contribution in [0.2, 0.25) is 23.2 Å². The summed E-state index contributed by atoms with van der Waals surface area (Å²) in [5, 5.41) is 22.5. The number of hydrazine groups is 1. The van der Waals surface area contributed by atoms with E-state index in [1.54, 1.807) is 19.1 Å². The highest BCUT2D eigenvalue weighted by Gasteiger charge is 2.42. The van der Waals surface area contributed by atoms with Crippen LogP contribution in [0.1, 0.15) is 68.1 Å². The highest BCUT2D eigenvalue weighted by molar-refractivity contribution is 6.74. The zero-order valence-corrected chi connectivity index (χ0v) is 24.8. The molecule has 2 aromatic carbocycles. The third kappa shape index (κ3) is 7.00. The van der Waals surface area contributed by atoms with Crippen LogP contribution in [0.3, 0.4) is 0 Å². The van der Waals surface area contributed by atoms with Crippen LogP contribution >= 0.6 is 11.6 Å². The van der Waals surface area contributed by atoms with Gasteiger partial charge >= 0.3 is 0 Å². The molecule has 0 saturated heterocycles. The number of carbonyl (C=O) groups excluding carboxylic acids is 2. The maximum absolute atomic E-state index is 13.8. The zero-order valence-electron chi connectivity index (χ0n) is 23.1. The molecule has 2 unspecified atom stereocenters. The van der Waals surface area contributed by atoms with Gasteiger partial charge < -0.3 is 9.74 Å². The van der Waals surface area contributed by atoms with Gasteiger partial charge in [-0.3, -0.25) is 9.59 Å². The summed E-state index contributed by atoms with van der Waals surface area (Å²) < 4.78 is 6.54. The maximum atomic E-state index is 13.8. The summed E-state index contributed by atoms with van der Waals surface area (Å²) in [5.74, 6) is 4.70. The molecular weight excluding hydrogens is 518 g/mol. The fraction of sp³-hybridized carbons (Fsp3) is 0.429. The first-order valence-electron chi connectivity index (χ1n) is 12.5. The molecule has 2 rings (SSSR count). The second-order valence-electron chi connectivity index (χ2n) is 10.7. The van der Waals surface area contributed by atoms with Crippen LogP contribution in [0.25, 0.3) is 0 Å². The lowest BCUT2D eigenvalue weighted by atomic mass is 10.0. The van der Waals surface area contributed by atoms with Crippen LogP contribution in [0.15, 0.2) is 36.4 Å². The fourth-order valence-electron chi connectivity index (χ4n) is 3.67. The van der Waals surface area contributed by atoms with E-state index in [1.165, 1.54) is 24.3 Å². The lowest BCUT2D eigenvalue weighted by Gasteiger charge is -2.40. The Labute approximate surface area is 231 Å². The largest absolute Gasteiger partial charge is 0.412 e. The van der Waals surface area contributed by atoms with Gasteiger partial charge in [0.1, 0.15) is 12.1 Å². The number of imide groups is 1. The van der Waals surface area contributed by atoms with E-state index in [4.69, 9.17) is 27.1 Å². The quantitative estimate of drug-likeness (QED) is 0.174. The number of amides is 2. The van der Waals surface area contributed by atoms with Crippen LogP contribution in [0, 0.1) is 22.7 Å². The van der Waals surface area contributed by atoms with E-state index in [0.29, 0.717) is 38.8 Å². The molecule has 2 atom stereocenters. The summed E-state index contributed by atoms with van der Waals surface area (Å²) in [6, 6.07) is 12.2. The number of carbonyl (C=O) groups is 2. The van der Waals surface area contributed by atoms with Gasteiger partial charge in [0.25, 0.3) is 11.8 Å². The van der Waals surface area contributed by atoms with E-state index in [2.05, 4.69) is 45.3 Å². The third-order valence-corrected chi connectivity index (χ3v) is 11.9. The number of nitrogens with zero attached hydrogens (tertiary/aromatic N) is 3. The van der Waals surface area contributed by atoms with Gasteiger partial charge in [-0.05, 0) is 73.4 Å². The first kappa shape index (κ1) is 31.0. The van der Waals surface area contributed by atoms with Crippen LogP contribution in [-0.4, -0.2) is 37.3 Å². The first-order valence-corrected chi connectivity index (χ1v) is 15.8. The first-order chi connectivity index (χ1) is 17.7. The Morgan fingerprint density at radius 3 is 2.24 bits per heavy atom. The number of nitrogens with two attached hydrogens (primary N) is 1. The van der Waals surface area contributed by atoms with E-state index in [0.717, 1.165) is 6.42 Å². The molecule has 2 aromatic rings. The number of nitriles is 2. The second kappa shape index (κ2) is 12.6. The van der Waals surface area contributed by atoms with Crippen molar-refractivity contribution >= 4 is 37.4 Å². The van der Waals surface area contributed by atoms with Gasteiger partial charge in [0.05, 0.1) is 28.3 Å². The van der Waals surface area contributed by atoms with Crippen molar-refractivity contribution in [2.75, 3.05) is 5.32 Å². The highest BCUT2D eigenvalue weighted by Crippen LogP contribution is 2.38. The van der Waals surface area contributed by atoms with Gasteiger partial charge in [0.15, 0.2) is 8.32 Å². The molecule has 8 nitrogen and oxygen atoms in total. The van der Waals surface area contributed by atoms with E-state index in [1.807, 2.05) is 13.0 Å². The Hall–Kier alpha value is -3.21. The van der Waals surface area contributed by atoms with Crippen molar-refractivity contribution in [3.63, 3.8) is 0 Å². The van der Waals surface area contributed by atoms with E-state index < -0.39 is 32.3 Å². The fourth-order valence-corrected chi connectivity index (χ4v) is 5.39. The van der Waals surface area contributed by atoms with E-state index in [-0.39, 0.29) is 10.6 Å². The average molecular weight is 554 g/mol.